The van der Waals surface area contributed by atoms with Crippen LogP contribution in [0, 0.1) is 0 Å². The van der Waals surface area contributed by atoms with Crippen LogP contribution in [0.5, 0.6) is 0 Å². The molecule has 9 heteroatoms. The molecule has 0 fully saturated rings. The van der Waals surface area contributed by atoms with Crippen molar-refractivity contribution in [3.05, 3.63) is 65.9 Å². The molecule has 0 saturated carbocycles. The predicted octanol–water partition coefficient (Wildman–Crippen LogP) is 4.00. The van der Waals surface area contributed by atoms with Crippen molar-refractivity contribution in [3.63, 3.8) is 0 Å². The number of fused-ring (bicyclic) bond motifs is 1. The molecular formula is C19H16F3NO4S. The molecule has 1 heterocycles. The average Bonchev–Trinajstić information content (AvgIpc) is 3.04. The summed E-state index contributed by atoms with van der Waals surface area (Å²) >= 11 is 0. The summed E-state index contributed by atoms with van der Waals surface area (Å²) in [4.78, 5) is 11.4. The predicted molar refractivity (Wildman–Crippen MR) is 96.3 cm³/mol. The molecule has 28 heavy (non-hydrogen) atoms. The van der Waals surface area contributed by atoms with Crippen molar-refractivity contribution >= 4 is 26.9 Å². The number of carbonyl (C=O) groups excluding carboxylic acids is 1. The Morgan fingerprint density at radius 2 is 1.75 bits per heavy atom. The van der Waals surface area contributed by atoms with E-state index in [1.165, 1.54) is 43.5 Å². The molecule has 3 rings (SSSR count). The van der Waals surface area contributed by atoms with Gasteiger partial charge in [-0.05, 0) is 36.8 Å². The third-order valence-electron chi connectivity index (χ3n) is 4.25. The van der Waals surface area contributed by atoms with Crippen LogP contribution in [-0.2, 0) is 32.2 Å². The Balaban J connectivity index is 2.25. The molecule has 0 spiro atoms. The highest BCUT2D eigenvalue weighted by molar-refractivity contribution is 7.90. The fraction of sp³-hybridized carbons (Fsp3) is 0.211. The van der Waals surface area contributed by atoms with Crippen molar-refractivity contribution in [3.8, 4) is 0 Å². The minimum absolute atomic E-state index is 0.00519. The molecule has 1 aromatic heterocycles. The molecule has 0 aliphatic heterocycles. The zero-order valence-electron chi connectivity index (χ0n) is 14.7. The molecule has 0 N–H and O–H groups in total. The van der Waals surface area contributed by atoms with Gasteiger partial charge in [-0.25, -0.2) is 12.4 Å². The van der Waals surface area contributed by atoms with Crippen molar-refractivity contribution in [2.24, 2.45) is 0 Å². The van der Waals surface area contributed by atoms with Crippen LogP contribution in [0.1, 0.15) is 17.7 Å². The molecule has 0 aliphatic carbocycles. The minimum Gasteiger partial charge on any atom is -0.469 e. The number of hydrogen-bond acceptors (Lipinski definition) is 4. The largest absolute Gasteiger partial charge is 0.469 e. The third-order valence-corrected chi connectivity index (χ3v) is 6.03. The van der Waals surface area contributed by atoms with Gasteiger partial charge in [0.2, 0.25) is 0 Å². The molecule has 0 aliphatic rings. The third kappa shape index (κ3) is 3.75. The first-order chi connectivity index (χ1) is 13.1. The Morgan fingerprint density at radius 1 is 1.07 bits per heavy atom. The van der Waals surface area contributed by atoms with Gasteiger partial charge in [-0.2, -0.15) is 13.2 Å². The molecule has 2 aromatic carbocycles. The molecule has 3 aromatic rings. The smallest absolute Gasteiger partial charge is 0.416 e. The number of alkyl halides is 3. The molecule has 0 unspecified atom stereocenters. The van der Waals surface area contributed by atoms with Crippen molar-refractivity contribution < 1.29 is 31.1 Å². The van der Waals surface area contributed by atoms with Gasteiger partial charge >= 0.3 is 12.1 Å². The van der Waals surface area contributed by atoms with Crippen LogP contribution in [0.3, 0.4) is 0 Å². The number of ether oxygens (including phenoxy) is 1. The summed E-state index contributed by atoms with van der Waals surface area (Å²) in [5.74, 6) is -0.551. The summed E-state index contributed by atoms with van der Waals surface area (Å²) in [6, 6.07) is 11.8. The Morgan fingerprint density at radius 3 is 2.36 bits per heavy atom. The van der Waals surface area contributed by atoms with Crippen molar-refractivity contribution in [1.82, 2.24) is 3.97 Å². The maximum atomic E-state index is 13.2. The van der Waals surface area contributed by atoms with Gasteiger partial charge in [-0.1, -0.05) is 24.3 Å². The topological polar surface area (TPSA) is 65.4 Å². The first kappa shape index (κ1) is 19.9. The van der Waals surface area contributed by atoms with Crippen molar-refractivity contribution in [2.75, 3.05) is 7.11 Å². The Labute approximate surface area is 159 Å². The average molecular weight is 411 g/mol. The first-order valence-corrected chi connectivity index (χ1v) is 9.67. The quantitative estimate of drug-likeness (QED) is 0.596. The summed E-state index contributed by atoms with van der Waals surface area (Å²) in [6.45, 7) is 0. The van der Waals surface area contributed by atoms with Crippen LogP contribution in [0.15, 0.2) is 59.5 Å². The van der Waals surface area contributed by atoms with Gasteiger partial charge in [0, 0.05) is 11.1 Å². The highest BCUT2D eigenvalue weighted by Crippen LogP contribution is 2.34. The molecule has 0 saturated heterocycles. The standard InChI is InChI=1S/C19H16F3NO4S/c1-27-18(24)10-9-15-11-13-7-8-14(19(20,21)22)12-17(13)23(15)28(25,26)16-5-3-2-4-6-16/h2-8,11-12H,9-10H2,1H3. The van der Waals surface area contributed by atoms with Gasteiger partial charge in [0.25, 0.3) is 10.0 Å². The highest BCUT2D eigenvalue weighted by Gasteiger charge is 2.32. The number of halogens is 3. The number of aryl methyl sites for hydroxylation is 1. The second kappa shape index (κ2) is 7.31. The molecule has 0 atom stereocenters. The maximum absolute atomic E-state index is 13.2. The fourth-order valence-corrected chi connectivity index (χ4v) is 4.48. The first-order valence-electron chi connectivity index (χ1n) is 8.23. The van der Waals surface area contributed by atoms with E-state index in [-0.39, 0.29) is 28.9 Å². The number of nitrogens with zero attached hydrogens (tertiary/aromatic N) is 1. The summed E-state index contributed by atoms with van der Waals surface area (Å²) in [5, 5.41) is 0.326. The second-order valence-corrected chi connectivity index (χ2v) is 7.85. The summed E-state index contributed by atoms with van der Waals surface area (Å²) in [6.07, 6.45) is -4.73. The zero-order chi connectivity index (χ0) is 20.5. The zero-order valence-corrected chi connectivity index (χ0v) is 15.5. The van der Waals surface area contributed by atoms with E-state index >= 15 is 0 Å². The van der Waals surface area contributed by atoms with Crippen LogP contribution in [0.25, 0.3) is 10.9 Å². The lowest BCUT2D eigenvalue weighted by Gasteiger charge is -2.13. The second-order valence-electron chi connectivity index (χ2n) is 6.07. The lowest BCUT2D eigenvalue weighted by atomic mass is 10.1. The van der Waals surface area contributed by atoms with Gasteiger partial charge < -0.3 is 4.74 Å². The Bertz CT molecular complexity index is 1120. The normalized spacial score (nSPS) is 12.3. The fourth-order valence-electron chi connectivity index (χ4n) is 2.90. The maximum Gasteiger partial charge on any atom is 0.416 e. The van der Waals surface area contributed by atoms with Crippen molar-refractivity contribution in [2.45, 2.75) is 23.9 Å². The van der Waals surface area contributed by atoms with E-state index in [1.807, 2.05) is 0 Å². The van der Waals surface area contributed by atoms with Gasteiger partial charge in [0.05, 0.1) is 29.5 Å². The Hall–Kier alpha value is -2.81. The number of methoxy groups -OCH3 is 1. The minimum atomic E-state index is -4.62. The lowest BCUT2D eigenvalue weighted by Crippen LogP contribution is -2.17. The van der Waals surface area contributed by atoms with Crippen LogP contribution in [-0.4, -0.2) is 25.5 Å². The lowest BCUT2D eigenvalue weighted by molar-refractivity contribution is -0.140. The van der Waals surface area contributed by atoms with E-state index in [4.69, 9.17) is 0 Å². The van der Waals surface area contributed by atoms with E-state index in [9.17, 15) is 26.4 Å². The van der Waals surface area contributed by atoms with Crippen LogP contribution in [0.2, 0.25) is 0 Å². The number of hydrogen-bond donors (Lipinski definition) is 0. The number of aromatic nitrogens is 1. The van der Waals surface area contributed by atoms with Gasteiger partial charge in [0.15, 0.2) is 0 Å². The summed E-state index contributed by atoms with van der Waals surface area (Å²) < 4.78 is 71.2. The number of rotatable bonds is 5. The number of benzene rings is 2. The molecule has 0 bridgehead atoms. The van der Waals surface area contributed by atoms with Crippen LogP contribution >= 0.6 is 0 Å². The van der Waals surface area contributed by atoms with E-state index in [0.29, 0.717) is 5.39 Å². The van der Waals surface area contributed by atoms with Gasteiger partial charge in [-0.3, -0.25) is 4.79 Å². The van der Waals surface area contributed by atoms with E-state index in [0.717, 1.165) is 16.1 Å². The Kier molecular flexibility index (Phi) is 5.20. The van der Waals surface area contributed by atoms with E-state index in [2.05, 4.69) is 4.74 Å². The molecule has 0 radical (unpaired) electrons. The molecule has 0 amide bonds. The van der Waals surface area contributed by atoms with Gasteiger partial charge in [0.1, 0.15) is 0 Å². The van der Waals surface area contributed by atoms with Gasteiger partial charge in [-0.15, -0.1) is 0 Å². The molecular weight excluding hydrogens is 395 g/mol. The summed E-state index contributed by atoms with van der Waals surface area (Å²) in [7, 11) is -2.97. The van der Waals surface area contributed by atoms with Crippen LogP contribution in [0.4, 0.5) is 13.2 Å². The molecule has 148 valence electrons. The van der Waals surface area contributed by atoms with E-state index < -0.39 is 27.7 Å². The number of esters is 1. The van der Waals surface area contributed by atoms with E-state index in [1.54, 1.807) is 6.07 Å². The van der Waals surface area contributed by atoms with Crippen molar-refractivity contribution in [1.29, 1.82) is 0 Å². The SMILES string of the molecule is COC(=O)CCc1cc2ccc(C(F)(F)F)cc2n1S(=O)(=O)c1ccccc1. The summed E-state index contributed by atoms with van der Waals surface area (Å²) in [5.41, 5.74) is -0.857. The van der Waals surface area contributed by atoms with Crippen LogP contribution < -0.4 is 0 Å². The number of carbonyl (C=O) groups is 1. The molecule has 5 nitrogen and oxygen atoms in total. The monoisotopic (exact) mass is 411 g/mol. The highest BCUT2D eigenvalue weighted by atomic mass is 32.2.